The standard InChI is InChI=1S/C18H22ClN3O2/c1-17(2,3)24-16(23)22-9-18(10-22)5-11(6-18)12-7-20-14-4-15(19)21-8-13(12)14/h4,7-8,11,20H,5-6,9-10H2,1-3H3. The number of hydrogen-bond donors (Lipinski definition) is 1. The normalized spacial score (nSPS) is 20.1. The number of nitrogens with one attached hydrogen (secondary N) is 1. The van der Waals surface area contributed by atoms with Gasteiger partial charge in [0.15, 0.2) is 0 Å². The van der Waals surface area contributed by atoms with Crippen LogP contribution < -0.4 is 0 Å². The van der Waals surface area contributed by atoms with E-state index in [1.807, 2.05) is 37.9 Å². The van der Waals surface area contributed by atoms with Gasteiger partial charge in [0, 0.05) is 36.3 Å². The second-order valence-electron chi connectivity index (χ2n) is 8.24. The van der Waals surface area contributed by atoms with E-state index in [0.29, 0.717) is 11.1 Å². The average Bonchev–Trinajstić information content (AvgIpc) is 2.76. The van der Waals surface area contributed by atoms with Gasteiger partial charge in [-0.2, -0.15) is 0 Å². The van der Waals surface area contributed by atoms with Crippen molar-refractivity contribution in [3.05, 3.63) is 29.2 Å². The number of nitrogens with zero attached hydrogens (tertiary/aromatic N) is 2. The predicted octanol–water partition coefficient (Wildman–Crippen LogP) is 4.33. The monoisotopic (exact) mass is 347 g/mol. The molecule has 1 saturated heterocycles. The molecular weight excluding hydrogens is 326 g/mol. The highest BCUT2D eigenvalue weighted by molar-refractivity contribution is 6.30. The zero-order valence-corrected chi connectivity index (χ0v) is 15.0. The minimum atomic E-state index is -0.430. The molecule has 0 atom stereocenters. The summed E-state index contributed by atoms with van der Waals surface area (Å²) in [6.45, 7) is 7.32. The molecule has 1 saturated carbocycles. The fourth-order valence-corrected chi connectivity index (χ4v) is 4.19. The first kappa shape index (κ1) is 15.8. The fourth-order valence-electron chi connectivity index (χ4n) is 4.03. The summed E-state index contributed by atoms with van der Waals surface area (Å²) in [6.07, 6.45) is 5.96. The van der Waals surface area contributed by atoms with Crippen molar-refractivity contribution in [1.29, 1.82) is 0 Å². The van der Waals surface area contributed by atoms with Crippen LogP contribution in [0.2, 0.25) is 5.15 Å². The molecule has 5 nitrogen and oxygen atoms in total. The smallest absolute Gasteiger partial charge is 0.410 e. The van der Waals surface area contributed by atoms with Crippen LogP contribution in [0.3, 0.4) is 0 Å². The van der Waals surface area contributed by atoms with Crippen molar-refractivity contribution in [1.82, 2.24) is 14.9 Å². The lowest BCUT2D eigenvalue weighted by Gasteiger charge is -2.58. The minimum Gasteiger partial charge on any atom is -0.444 e. The van der Waals surface area contributed by atoms with Gasteiger partial charge in [0.05, 0.1) is 5.52 Å². The fraction of sp³-hybridized carbons (Fsp3) is 0.556. The Hall–Kier alpha value is -1.75. The van der Waals surface area contributed by atoms with Crippen LogP contribution >= 0.6 is 11.6 Å². The Bertz CT molecular complexity index is 794. The second-order valence-corrected chi connectivity index (χ2v) is 8.63. The van der Waals surface area contributed by atoms with E-state index >= 15 is 0 Å². The molecule has 1 N–H and O–H groups in total. The Labute approximate surface area is 146 Å². The number of aromatic amines is 1. The largest absolute Gasteiger partial charge is 0.444 e. The number of H-pyrrole nitrogens is 1. The maximum absolute atomic E-state index is 12.1. The third-order valence-electron chi connectivity index (χ3n) is 5.07. The minimum absolute atomic E-state index is 0.192. The number of hydrogen-bond acceptors (Lipinski definition) is 3. The molecule has 1 spiro atoms. The van der Waals surface area contributed by atoms with Crippen molar-refractivity contribution in [2.45, 2.75) is 45.1 Å². The highest BCUT2D eigenvalue weighted by atomic mass is 35.5. The van der Waals surface area contributed by atoms with Crippen LogP contribution in [0.4, 0.5) is 4.79 Å². The van der Waals surface area contributed by atoms with Gasteiger partial charge in [-0.1, -0.05) is 11.6 Å². The SMILES string of the molecule is CC(C)(C)OC(=O)N1CC2(CC(c3c[nH]c4cc(Cl)ncc34)C2)C1. The summed E-state index contributed by atoms with van der Waals surface area (Å²) < 4.78 is 5.43. The van der Waals surface area contributed by atoms with E-state index in [0.717, 1.165) is 36.8 Å². The van der Waals surface area contributed by atoms with E-state index in [2.05, 4.69) is 16.2 Å². The first-order chi connectivity index (χ1) is 11.2. The van der Waals surface area contributed by atoms with Crippen molar-refractivity contribution >= 4 is 28.6 Å². The van der Waals surface area contributed by atoms with E-state index < -0.39 is 5.60 Å². The maximum Gasteiger partial charge on any atom is 0.410 e. The summed E-state index contributed by atoms with van der Waals surface area (Å²) >= 11 is 5.94. The van der Waals surface area contributed by atoms with Crippen molar-refractivity contribution < 1.29 is 9.53 Å². The molecule has 3 heterocycles. The van der Waals surface area contributed by atoms with Gasteiger partial charge in [0.25, 0.3) is 0 Å². The lowest BCUT2D eigenvalue weighted by atomic mass is 9.56. The highest BCUT2D eigenvalue weighted by Gasteiger charge is 2.54. The second kappa shape index (κ2) is 5.12. The molecule has 1 aliphatic heterocycles. The third kappa shape index (κ3) is 2.65. The molecule has 1 aliphatic carbocycles. The number of rotatable bonds is 1. The summed E-state index contributed by atoms with van der Waals surface area (Å²) in [5.41, 5.74) is 2.20. The van der Waals surface area contributed by atoms with E-state index in [9.17, 15) is 4.79 Å². The van der Waals surface area contributed by atoms with Crippen LogP contribution in [0.25, 0.3) is 10.9 Å². The van der Waals surface area contributed by atoms with Gasteiger partial charge in [-0.15, -0.1) is 0 Å². The third-order valence-corrected chi connectivity index (χ3v) is 5.27. The molecule has 2 aromatic heterocycles. The molecule has 2 aromatic rings. The predicted molar refractivity (Wildman–Crippen MR) is 93.3 cm³/mol. The summed E-state index contributed by atoms with van der Waals surface area (Å²) in [5, 5.41) is 1.66. The lowest BCUT2D eigenvalue weighted by molar-refractivity contribution is -0.0784. The molecule has 0 unspecified atom stereocenters. The van der Waals surface area contributed by atoms with Crippen LogP contribution in [-0.4, -0.2) is 39.7 Å². The first-order valence-corrected chi connectivity index (χ1v) is 8.73. The van der Waals surface area contributed by atoms with Gasteiger partial charge in [-0.3, -0.25) is 0 Å². The molecule has 128 valence electrons. The summed E-state index contributed by atoms with van der Waals surface area (Å²) in [7, 11) is 0. The van der Waals surface area contributed by atoms with Gasteiger partial charge >= 0.3 is 6.09 Å². The maximum atomic E-state index is 12.1. The quantitative estimate of drug-likeness (QED) is 0.781. The Morgan fingerprint density at radius 1 is 1.42 bits per heavy atom. The van der Waals surface area contributed by atoms with Gasteiger partial charge in [0.1, 0.15) is 10.8 Å². The lowest BCUT2D eigenvalue weighted by Crippen LogP contribution is -2.63. The topological polar surface area (TPSA) is 58.2 Å². The van der Waals surface area contributed by atoms with Crippen LogP contribution in [0.1, 0.15) is 45.1 Å². The summed E-state index contributed by atoms with van der Waals surface area (Å²) in [6, 6.07) is 1.86. The van der Waals surface area contributed by atoms with E-state index in [-0.39, 0.29) is 11.5 Å². The zero-order valence-electron chi connectivity index (χ0n) is 14.2. The number of carbonyl (C=O) groups is 1. The Kier molecular flexibility index (Phi) is 3.36. The number of carbonyl (C=O) groups excluding carboxylic acids is 1. The van der Waals surface area contributed by atoms with E-state index in [4.69, 9.17) is 16.3 Å². The molecule has 6 heteroatoms. The Morgan fingerprint density at radius 2 is 2.12 bits per heavy atom. The Morgan fingerprint density at radius 3 is 2.79 bits per heavy atom. The molecule has 2 fully saturated rings. The van der Waals surface area contributed by atoms with Crippen molar-refractivity contribution in [2.24, 2.45) is 5.41 Å². The van der Waals surface area contributed by atoms with Gasteiger partial charge < -0.3 is 14.6 Å². The molecule has 24 heavy (non-hydrogen) atoms. The molecule has 1 amide bonds. The molecule has 0 aromatic carbocycles. The number of aromatic nitrogens is 2. The van der Waals surface area contributed by atoms with Gasteiger partial charge in [-0.25, -0.2) is 9.78 Å². The molecule has 4 rings (SSSR count). The number of pyridine rings is 1. The van der Waals surface area contributed by atoms with Crippen LogP contribution in [0, 0.1) is 5.41 Å². The van der Waals surface area contributed by atoms with Crippen molar-refractivity contribution in [2.75, 3.05) is 13.1 Å². The number of amides is 1. The highest BCUT2D eigenvalue weighted by Crippen LogP contribution is 2.57. The van der Waals surface area contributed by atoms with Crippen LogP contribution in [-0.2, 0) is 4.74 Å². The van der Waals surface area contributed by atoms with Gasteiger partial charge in [-0.05, 0) is 51.2 Å². The zero-order chi connectivity index (χ0) is 17.1. The first-order valence-electron chi connectivity index (χ1n) is 8.35. The molecular formula is C18H22ClN3O2. The van der Waals surface area contributed by atoms with Crippen LogP contribution in [0.5, 0.6) is 0 Å². The number of fused-ring (bicyclic) bond motifs is 1. The molecule has 0 radical (unpaired) electrons. The number of likely N-dealkylation sites (tertiary alicyclic amines) is 1. The van der Waals surface area contributed by atoms with E-state index in [1.54, 1.807) is 0 Å². The molecule has 2 aliphatic rings. The van der Waals surface area contributed by atoms with Crippen LogP contribution in [0.15, 0.2) is 18.5 Å². The Balaban J connectivity index is 1.38. The average molecular weight is 348 g/mol. The van der Waals surface area contributed by atoms with Gasteiger partial charge in [0.2, 0.25) is 0 Å². The summed E-state index contributed by atoms with van der Waals surface area (Å²) in [5.74, 6) is 0.530. The number of halogens is 1. The van der Waals surface area contributed by atoms with Crippen molar-refractivity contribution in [3.8, 4) is 0 Å². The van der Waals surface area contributed by atoms with Crippen molar-refractivity contribution in [3.63, 3.8) is 0 Å². The van der Waals surface area contributed by atoms with E-state index in [1.165, 1.54) is 5.56 Å². The number of ether oxygens (including phenoxy) is 1. The summed E-state index contributed by atoms with van der Waals surface area (Å²) in [4.78, 5) is 21.4. The molecule has 0 bridgehead atoms.